The van der Waals surface area contributed by atoms with E-state index < -0.39 is 42.2 Å². The maximum absolute atomic E-state index is 13.6. The lowest BCUT2D eigenvalue weighted by Crippen LogP contribution is -2.56. The lowest BCUT2D eigenvalue weighted by molar-refractivity contribution is -0.290. The molecule has 1 saturated carbocycles. The van der Waals surface area contributed by atoms with Crippen molar-refractivity contribution in [3.63, 3.8) is 0 Å². The van der Waals surface area contributed by atoms with Crippen molar-refractivity contribution >= 4 is 5.97 Å². The third kappa shape index (κ3) is 2.96. The predicted octanol–water partition coefficient (Wildman–Crippen LogP) is 4.67. The van der Waals surface area contributed by atoms with Gasteiger partial charge in [0.15, 0.2) is 0 Å². The molecule has 0 spiro atoms. The summed E-state index contributed by atoms with van der Waals surface area (Å²) in [6.45, 7) is 0.348. The predicted molar refractivity (Wildman–Crippen MR) is 91.4 cm³/mol. The van der Waals surface area contributed by atoms with Crippen LogP contribution in [0, 0.1) is 5.92 Å². The van der Waals surface area contributed by atoms with E-state index in [-0.39, 0.29) is 5.56 Å². The highest BCUT2D eigenvalue weighted by molar-refractivity contribution is 5.72. The lowest BCUT2D eigenvalue weighted by atomic mass is 9.72. The van der Waals surface area contributed by atoms with E-state index in [1.165, 1.54) is 12.1 Å². The molecule has 0 amide bonds. The Balaban J connectivity index is 1.57. The molecular formula is C20H17F4NO3. The maximum atomic E-state index is 13.6. The SMILES string of the molecule is O=C(O)[C@@H]1CCO[C@H]1c1cncc(-c2ccc(C3CC(F)(F)C3(F)F)cc2)c1. The molecule has 1 aliphatic heterocycles. The number of carbonyl (C=O) groups is 1. The second kappa shape index (κ2) is 6.55. The van der Waals surface area contributed by atoms with Crippen molar-refractivity contribution < 1.29 is 32.2 Å². The minimum Gasteiger partial charge on any atom is -0.481 e. The highest BCUT2D eigenvalue weighted by Crippen LogP contribution is 2.59. The molecule has 2 aromatic rings. The molecule has 1 N–H and O–H groups in total. The van der Waals surface area contributed by atoms with Crippen LogP contribution in [0.3, 0.4) is 0 Å². The van der Waals surface area contributed by atoms with Crippen molar-refractivity contribution in [3.8, 4) is 11.1 Å². The van der Waals surface area contributed by atoms with E-state index in [0.717, 1.165) is 0 Å². The molecule has 2 aliphatic rings. The number of benzene rings is 1. The summed E-state index contributed by atoms with van der Waals surface area (Å²) in [4.78, 5) is 15.5. The summed E-state index contributed by atoms with van der Waals surface area (Å²) in [5.41, 5.74) is 2.11. The number of ether oxygens (including phenoxy) is 1. The molecule has 1 aromatic heterocycles. The second-order valence-electron chi connectivity index (χ2n) is 7.24. The van der Waals surface area contributed by atoms with Gasteiger partial charge in [0.05, 0.1) is 17.9 Å². The van der Waals surface area contributed by atoms with E-state index in [1.54, 1.807) is 30.6 Å². The largest absolute Gasteiger partial charge is 0.481 e. The molecule has 1 saturated heterocycles. The lowest BCUT2D eigenvalue weighted by Gasteiger charge is -2.44. The minimum absolute atomic E-state index is 0.161. The first-order valence-corrected chi connectivity index (χ1v) is 8.86. The van der Waals surface area contributed by atoms with Gasteiger partial charge in [0.25, 0.3) is 0 Å². The monoisotopic (exact) mass is 395 g/mol. The van der Waals surface area contributed by atoms with Gasteiger partial charge in [-0.1, -0.05) is 24.3 Å². The number of aromatic nitrogens is 1. The fourth-order valence-electron chi connectivity index (χ4n) is 3.82. The minimum atomic E-state index is -4.04. The Morgan fingerprint density at radius 2 is 1.79 bits per heavy atom. The smallest absolute Gasteiger partial charge is 0.317 e. The Bertz CT molecular complexity index is 901. The van der Waals surface area contributed by atoms with Gasteiger partial charge < -0.3 is 9.84 Å². The Labute approximate surface area is 158 Å². The van der Waals surface area contributed by atoms with Gasteiger partial charge in [-0.25, -0.2) is 0 Å². The van der Waals surface area contributed by atoms with E-state index in [1.807, 2.05) is 0 Å². The quantitative estimate of drug-likeness (QED) is 0.765. The molecule has 2 heterocycles. The van der Waals surface area contributed by atoms with Crippen LogP contribution in [-0.4, -0.2) is 34.5 Å². The molecule has 3 atom stereocenters. The zero-order chi connectivity index (χ0) is 20.1. The van der Waals surface area contributed by atoms with E-state index in [2.05, 4.69) is 4.98 Å². The van der Waals surface area contributed by atoms with Crippen LogP contribution in [-0.2, 0) is 9.53 Å². The summed E-state index contributed by atoms with van der Waals surface area (Å²) in [7, 11) is 0. The summed E-state index contributed by atoms with van der Waals surface area (Å²) in [5, 5.41) is 9.31. The number of hydrogen-bond donors (Lipinski definition) is 1. The first-order valence-electron chi connectivity index (χ1n) is 8.86. The fourth-order valence-corrected chi connectivity index (χ4v) is 3.82. The van der Waals surface area contributed by atoms with Crippen LogP contribution >= 0.6 is 0 Å². The highest BCUT2D eigenvalue weighted by atomic mass is 19.3. The van der Waals surface area contributed by atoms with Gasteiger partial charge in [-0.2, -0.15) is 17.6 Å². The number of rotatable bonds is 4. The summed E-state index contributed by atoms with van der Waals surface area (Å²) >= 11 is 0. The van der Waals surface area contributed by atoms with Gasteiger partial charge in [0, 0.05) is 36.5 Å². The fraction of sp³-hybridized carbons (Fsp3) is 0.400. The van der Waals surface area contributed by atoms with Crippen LogP contribution in [0.4, 0.5) is 17.6 Å². The van der Waals surface area contributed by atoms with E-state index in [0.29, 0.717) is 29.7 Å². The summed E-state index contributed by atoms with van der Waals surface area (Å²) < 4.78 is 58.9. The standard InChI is InChI=1S/C20H17F4NO3/c21-19(22)8-16(20(19,23)24)12-3-1-11(2-4-12)13-7-14(10-25-9-13)17-15(18(26)27)5-6-28-17/h1-4,7,9-10,15-17H,5-6,8H2,(H,26,27)/t15-,16?,17+/m1/s1. The van der Waals surface area contributed by atoms with Crippen molar-refractivity contribution in [1.29, 1.82) is 0 Å². The average Bonchev–Trinajstić information content (AvgIpc) is 3.17. The first-order chi connectivity index (χ1) is 13.2. The maximum Gasteiger partial charge on any atom is 0.317 e. The van der Waals surface area contributed by atoms with Crippen molar-refractivity contribution in [1.82, 2.24) is 4.98 Å². The van der Waals surface area contributed by atoms with Gasteiger partial charge in [-0.3, -0.25) is 9.78 Å². The average molecular weight is 395 g/mol. The normalized spacial score (nSPS) is 27.9. The van der Waals surface area contributed by atoms with Crippen molar-refractivity contribution in [2.24, 2.45) is 5.92 Å². The molecule has 148 valence electrons. The van der Waals surface area contributed by atoms with Crippen molar-refractivity contribution in [3.05, 3.63) is 53.9 Å². The molecule has 4 rings (SSSR count). The van der Waals surface area contributed by atoms with Gasteiger partial charge in [-0.05, 0) is 23.6 Å². The number of carboxylic acids is 1. The van der Waals surface area contributed by atoms with Crippen LogP contribution in [0.1, 0.15) is 36.0 Å². The third-order valence-corrected chi connectivity index (χ3v) is 5.53. The number of aliphatic carboxylic acids is 1. The van der Waals surface area contributed by atoms with Crippen molar-refractivity contribution in [2.45, 2.75) is 36.7 Å². The molecule has 1 unspecified atom stereocenters. The number of halogens is 4. The van der Waals surface area contributed by atoms with Gasteiger partial charge in [0.1, 0.15) is 0 Å². The van der Waals surface area contributed by atoms with Crippen molar-refractivity contribution in [2.75, 3.05) is 6.61 Å². The number of alkyl halides is 4. The molecule has 4 nitrogen and oxygen atoms in total. The molecule has 28 heavy (non-hydrogen) atoms. The molecule has 1 aliphatic carbocycles. The zero-order valence-electron chi connectivity index (χ0n) is 14.6. The second-order valence-corrected chi connectivity index (χ2v) is 7.24. The summed E-state index contributed by atoms with van der Waals surface area (Å²) in [5.74, 6) is -11.1. The number of carboxylic acid groups (broad SMARTS) is 1. The van der Waals surface area contributed by atoms with E-state index in [9.17, 15) is 27.5 Å². The van der Waals surface area contributed by atoms with E-state index >= 15 is 0 Å². The van der Waals surface area contributed by atoms with Crippen LogP contribution < -0.4 is 0 Å². The van der Waals surface area contributed by atoms with E-state index in [4.69, 9.17) is 4.74 Å². The Kier molecular flexibility index (Phi) is 4.41. The Morgan fingerprint density at radius 1 is 1.07 bits per heavy atom. The van der Waals surface area contributed by atoms with Gasteiger partial charge in [-0.15, -0.1) is 0 Å². The van der Waals surface area contributed by atoms with Crippen LogP contribution in [0.15, 0.2) is 42.7 Å². The molecule has 0 radical (unpaired) electrons. The zero-order valence-corrected chi connectivity index (χ0v) is 14.6. The molecule has 8 heteroatoms. The van der Waals surface area contributed by atoms with Crippen LogP contribution in [0.25, 0.3) is 11.1 Å². The molecular weight excluding hydrogens is 378 g/mol. The molecule has 0 bridgehead atoms. The number of pyridine rings is 1. The van der Waals surface area contributed by atoms with Gasteiger partial charge in [0.2, 0.25) is 0 Å². The van der Waals surface area contributed by atoms with Crippen LogP contribution in [0.2, 0.25) is 0 Å². The molecule has 2 fully saturated rings. The summed E-state index contributed by atoms with van der Waals surface area (Å²) in [6, 6.07) is 7.74. The number of nitrogens with zero attached hydrogens (tertiary/aromatic N) is 1. The highest BCUT2D eigenvalue weighted by Gasteiger charge is 2.71. The third-order valence-electron chi connectivity index (χ3n) is 5.53. The Morgan fingerprint density at radius 3 is 2.39 bits per heavy atom. The summed E-state index contributed by atoms with van der Waals surface area (Å²) in [6.07, 6.45) is 2.06. The van der Waals surface area contributed by atoms with Gasteiger partial charge >= 0.3 is 17.8 Å². The number of hydrogen-bond acceptors (Lipinski definition) is 3. The molecule has 1 aromatic carbocycles. The van der Waals surface area contributed by atoms with Crippen LogP contribution in [0.5, 0.6) is 0 Å². The Hall–Kier alpha value is -2.48. The topological polar surface area (TPSA) is 59.4 Å². The first kappa shape index (κ1) is 18.9.